The fraction of sp³-hybridized carbons (Fsp3) is 0.364. The monoisotopic (exact) mass is 283 g/mol. The van der Waals surface area contributed by atoms with E-state index in [1.807, 2.05) is 4.57 Å². The fourth-order valence-electron chi connectivity index (χ4n) is 1.51. The fourth-order valence-corrected chi connectivity index (χ4v) is 2.20. The van der Waals surface area contributed by atoms with E-state index in [9.17, 15) is 4.79 Å². The van der Waals surface area contributed by atoms with E-state index in [4.69, 9.17) is 14.3 Å². The Morgan fingerprint density at radius 3 is 3.05 bits per heavy atom. The molecule has 0 amide bonds. The SMILES string of the molecule is COCCn1c(SCC(=O)O)nnc1-c1ccoc1. The summed E-state index contributed by atoms with van der Waals surface area (Å²) in [5, 5.41) is 17.4. The number of carboxylic acids is 1. The smallest absolute Gasteiger partial charge is 0.313 e. The third kappa shape index (κ3) is 3.36. The predicted molar refractivity (Wildman–Crippen MR) is 68.0 cm³/mol. The Morgan fingerprint density at radius 1 is 1.58 bits per heavy atom. The summed E-state index contributed by atoms with van der Waals surface area (Å²) in [5.41, 5.74) is 0.797. The van der Waals surface area contributed by atoms with E-state index in [2.05, 4.69) is 10.2 Å². The number of aromatic nitrogens is 3. The highest BCUT2D eigenvalue weighted by Gasteiger charge is 2.15. The topological polar surface area (TPSA) is 90.4 Å². The molecule has 2 aromatic heterocycles. The number of rotatable bonds is 7. The molecule has 2 heterocycles. The number of carbonyl (C=O) groups is 1. The molecule has 0 atom stereocenters. The molecule has 19 heavy (non-hydrogen) atoms. The Balaban J connectivity index is 2.25. The molecule has 7 nitrogen and oxygen atoms in total. The van der Waals surface area contributed by atoms with Gasteiger partial charge < -0.3 is 14.3 Å². The third-order valence-corrected chi connectivity index (χ3v) is 3.29. The van der Waals surface area contributed by atoms with E-state index < -0.39 is 5.97 Å². The molecule has 2 aromatic rings. The van der Waals surface area contributed by atoms with Crippen LogP contribution in [0.4, 0.5) is 0 Å². The first-order valence-electron chi connectivity index (χ1n) is 5.51. The van der Waals surface area contributed by atoms with Crippen molar-refractivity contribution < 1.29 is 19.1 Å². The van der Waals surface area contributed by atoms with Gasteiger partial charge in [0.05, 0.1) is 30.7 Å². The maximum absolute atomic E-state index is 10.6. The summed E-state index contributed by atoms with van der Waals surface area (Å²) in [5.74, 6) is -0.314. The molecule has 0 saturated heterocycles. The zero-order valence-electron chi connectivity index (χ0n) is 10.3. The van der Waals surface area contributed by atoms with Crippen molar-refractivity contribution in [2.24, 2.45) is 0 Å². The zero-order chi connectivity index (χ0) is 13.7. The molecule has 0 aliphatic rings. The maximum atomic E-state index is 10.6. The van der Waals surface area contributed by atoms with Crippen LogP contribution >= 0.6 is 11.8 Å². The van der Waals surface area contributed by atoms with E-state index >= 15 is 0 Å². The average Bonchev–Trinajstić information content (AvgIpc) is 3.02. The van der Waals surface area contributed by atoms with E-state index in [1.165, 1.54) is 0 Å². The van der Waals surface area contributed by atoms with Crippen molar-refractivity contribution in [1.82, 2.24) is 14.8 Å². The summed E-state index contributed by atoms with van der Waals surface area (Å²) in [6.45, 7) is 1.04. The number of thioether (sulfide) groups is 1. The van der Waals surface area contributed by atoms with E-state index in [-0.39, 0.29) is 5.75 Å². The second-order valence-electron chi connectivity index (χ2n) is 3.65. The Labute approximate surface area is 113 Å². The zero-order valence-corrected chi connectivity index (χ0v) is 11.1. The lowest BCUT2D eigenvalue weighted by atomic mass is 10.3. The molecule has 2 rings (SSSR count). The van der Waals surface area contributed by atoms with Crippen LogP contribution in [0.1, 0.15) is 0 Å². The van der Waals surface area contributed by atoms with Crippen LogP contribution in [0.3, 0.4) is 0 Å². The highest BCUT2D eigenvalue weighted by Crippen LogP contribution is 2.24. The number of methoxy groups -OCH3 is 1. The number of carboxylic acid groups (broad SMARTS) is 1. The summed E-state index contributed by atoms with van der Waals surface area (Å²) in [7, 11) is 1.60. The van der Waals surface area contributed by atoms with Crippen molar-refractivity contribution in [3.05, 3.63) is 18.6 Å². The minimum Gasteiger partial charge on any atom is -0.481 e. The predicted octanol–water partition coefficient (Wildman–Crippen LogP) is 1.36. The summed E-state index contributed by atoms with van der Waals surface area (Å²) < 4.78 is 11.9. The molecule has 0 aromatic carbocycles. The van der Waals surface area contributed by atoms with E-state index in [0.717, 1.165) is 17.3 Å². The standard InChI is InChI=1S/C11H13N3O4S/c1-17-5-3-14-10(8-2-4-18-6-8)12-13-11(14)19-7-9(15)16/h2,4,6H,3,5,7H2,1H3,(H,15,16). The van der Waals surface area contributed by atoms with Gasteiger partial charge in [-0.2, -0.15) is 0 Å². The molecule has 0 unspecified atom stereocenters. The molecule has 1 N–H and O–H groups in total. The van der Waals surface area contributed by atoms with Gasteiger partial charge in [0.25, 0.3) is 0 Å². The van der Waals surface area contributed by atoms with Crippen LogP contribution in [0, 0.1) is 0 Å². The van der Waals surface area contributed by atoms with Gasteiger partial charge in [0.1, 0.15) is 6.26 Å². The molecule has 0 spiro atoms. The Morgan fingerprint density at radius 2 is 2.42 bits per heavy atom. The molecule has 0 saturated carbocycles. The lowest BCUT2D eigenvalue weighted by molar-refractivity contribution is -0.133. The van der Waals surface area contributed by atoms with Crippen LogP contribution in [-0.2, 0) is 16.1 Å². The van der Waals surface area contributed by atoms with Gasteiger partial charge >= 0.3 is 5.97 Å². The van der Waals surface area contributed by atoms with Crippen LogP contribution in [0.15, 0.2) is 28.2 Å². The summed E-state index contributed by atoms with van der Waals surface area (Å²) in [6.07, 6.45) is 3.12. The van der Waals surface area contributed by atoms with Gasteiger partial charge in [0.2, 0.25) is 0 Å². The van der Waals surface area contributed by atoms with E-state index in [1.54, 1.807) is 25.7 Å². The van der Waals surface area contributed by atoms with Crippen LogP contribution in [0.2, 0.25) is 0 Å². The molecule has 102 valence electrons. The van der Waals surface area contributed by atoms with Gasteiger partial charge in [-0.05, 0) is 6.07 Å². The lowest BCUT2D eigenvalue weighted by Gasteiger charge is -2.07. The average molecular weight is 283 g/mol. The van der Waals surface area contributed by atoms with Crippen molar-refractivity contribution in [1.29, 1.82) is 0 Å². The normalized spacial score (nSPS) is 10.8. The number of aliphatic carboxylic acids is 1. The number of nitrogens with zero attached hydrogens (tertiary/aromatic N) is 3. The Hall–Kier alpha value is -1.80. The molecule has 8 heteroatoms. The number of hydrogen-bond donors (Lipinski definition) is 1. The van der Waals surface area contributed by atoms with Crippen molar-refractivity contribution in [2.45, 2.75) is 11.7 Å². The molecule has 0 radical (unpaired) electrons. The van der Waals surface area contributed by atoms with Crippen molar-refractivity contribution >= 4 is 17.7 Å². The highest BCUT2D eigenvalue weighted by atomic mass is 32.2. The molecular weight excluding hydrogens is 270 g/mol. The lowest BCUT2D eigenvalue weighted by Crippen LogP contribution is -2.08. The molecule has 0 bridgehead atoms. The van der Waals surface area contributed by atoms with Crippen molar-refractivity contribution in [2.75, 3.05) is 19.5 Å². The molecular formula is C11H13N3O4S. The molecule has 0 fully saturated rings. The Kier molecular flexibility index (Phi) is 4.58. The molecule has 0 aliphatic heterocycles. The van der Waals surface area contributed by atoms with Crippen molar-refractivity contribution in [3.8, 4) is 11.4 Å². The van der Waals surface area contributed by atoms with Crippen LogP contribution in [-0.4, -0.2) is 45.3 Å². The summed E-state index contributed by atoms with van der Waals surface area (Å²) >= 11 is 1.13. The van der Waals surface area contributed by atoms with E-state index in [0.29, 0.717) is 24.1 Å². The largest absolute Gasteiger partial charge is 0.481 e. The first-order chi connectivity index (χ1) is 9.22. The van der Waals surface area contributed by atoms with Crippen LogP contribution < -0.4 is 0 Å². The minimum atomic E-state index is -0.892. The highest BCUT2D eigenvalue weighted by molar-refractivity contribution is 7.99. The maximum Gasteiger partial charge on any atom is 0.313 e. The van der Waals surface area contributed by atoms with Crippen LogP contribution in [0.5, 0.6) is 0 Å². The second kappa shape index (κ2) is 6.39. The second-order valence-corrected chi connectivity index (χ2v) is 4.59. The number of hydrogen-bond acceptors (Lipinski definition) is 6. The minimum absolute atomic E-state index is 0.0590. The summed E-state index contributed by atoms with van der Waals surface area (Å²) in [6, 6.07) is 1.78. The Bertz CT molecular complexity index is 538. The number of ether oxygens (including phenoxy) is 1. The van der Waals surface area contributed by atoms with Gasteiger partial charge in [0.15, 0.2) is 11.0 Å². The van der Waals surface area contributed by atoms with Gasteiger partial charge in [-0.15, -0.1) is 10.2 Å². The van der Waals surface area contributed by atoms with Crippen molar-refractivity contribution in [3.63, 3.8) is 0 Å². The van der Waals surface area contributed by atoms with Crippen LogP contribution in [0.25, 0.3) is 11.4 Å². The quantitative estimate of drug-likeness (QED) is 0.767. The first kappa shape index (κ1) is 13.6. The summed E-state index contributed by atoms with van der Waals surface area (Å²) in [4.78, 5) is 10.6. The number of furan rings is 1. The van der Waals surface area contributed by atoms with Gasteiger partial charge in [-0.1, -0.05) is 11.8 Å². The van der Waals surface area contributed by atoms with Gasteiger partial charge in [-0.3, -0.25) is 9.36 Å². The third-order valence-electron chi connectivity index (χ3n) is 2.34. The van der Waals surface area contributed by atoms with Gasteiger partial charge in [-0.25, -0.2) is 0 Å². The molecule has 0 aliphatic carbocycles. The first-order valence-corrected chi connectivity index (χ1v) is 6.50. The van der Waals surface area contributed by atoms with Gasteiger partial charge in [0, 0.05) is 7.11 Å².